The van der Waals surface area contributed by atoms with Gasteiger partial charge in [-0.2, -0.15) is 0 Å². The number of carbonyl (C=O) groups is 3. The van der Waals surface area contributed by atoms with Crippen LogP contribution in [0.4, 0.5) is 4.79 Å². The van der Waals surface area contributed by atoms with E-state index in [-0.39, 0.29) is 60.2 Å². The molecule has 3 fully saturated rings. The molecular formula is C27H43Cl2N7O6S2. The molecule has 4 aliphatic rings. The van der Waals surface area contributed by atoms with Gasteiger partial charge in [-0.25, -0.2) is 14.3 Å². The molecule has 13 nitrogen and oxygen atoms in total. The van der Waals surface area contributed by atoms with E-state index in [0.717, 1.165) is 70.8 Å². The van der Waals surface area contributed by atoms with Crippen LogP contribution < -0.4 is 5.73 Å². The molecule has 0 bridgehead atoms. The van der Waals surface area contributed by atoms with Gasteiger partial charge in [-0.15, -0.1) is 41.7 Å². The number of tetrazole rings is 1. The molecule has 1 aromatic heterocycles. The lowest BCUT2D eigenvalue weighted by molar-refractivity contribution is -0.184. The first-order valence-electron chi connectivity index (χ1n) is 14.8. The maximum atomic E-state index is 13.7. The van der Waals surface area contributed by atoms with Crippen molar-refractivity contribution in [2.75, 3.05) is 26.4 Å². The molecule has 2 aliphatic heterocycles. The third-order valence-electron chi connectivity index (χ3n) is 8.08. The molecule has 2 N–H and O–H groups in total. The molecule has 1 aromatic rings. The molecule has 3 heterocycles. The van der Waals surface area contributed by atoms with Crippen LogP contribution in [0, 0.1) is 5.92 Å². The Hall–Kier alpha value is -1.78. The SMILES string of the molecule is CN(C)CCn1nnnc1SCC1(N)C=C(C(=O)OC(OC(=O)OC2CCCCC2)C2CCCCC2)N2C(=O)C[C@H]2S1.Cl.Cl. The fourth-order valence-corrected chi connectivity index (χ4v) is 8.24. The average molecular weight is 697 g/mol. The Morgan fingerprint density at radius 2 is 1.80 bits per heavy atom. The Morgan fingerprint density at radius 3 is 2.45 bits per heavy atom. The van der Waals surface area contributed by atoms with E-state index in [1.165, 1.54) is 28.4 Å². The molecule has 2 unspecified atom stereocenters. The van der Waals surface area contributed by atoms with Gasteiger partial charge in [-0.05, 0) is 69.1 Å². The fraction of sp³-hybridized carbons (Fsp3) is 0.778. The van der Waals surface area contributed by atoms with Crippen LogP contribution >= 0.6 is 48.3 Å². The number of nitrogens with two attached hydrogens (primary N) is 1. The normalized spacial score (nSPS) is 24.6. The molecule has 248 valence electrons. The lowest BCUT2D eigenvalue weighted by atomic mass is 9.89. The predicted octanol–water partition coefficient (Wildman–Crippen LogP) is 3.95. The second-order valence-corrected chi connectivity index (χ2v) is 14.2. The summed E-state index contributed by atoms with van der Waals surface area (Å²) >= 11 is 2.81. The number of ether oxygens (including phenoxy) is 3. The van der Waals surface area contributed by atoms with Crippen LogP contribution in [0.5, 0.6) is 0 Å². The number of hydrogen-bond acceptors (Lipinski definition) is 13. The van der Waals surface area contributed by atoms with Crippen molar-refractivity contribution in [2.24, 2.45) is 11.7 Å². The minimum Gasteiger partial charge on any atom is -0.431 e. The van der Waals surface area contributed by atoms with E-state index in [4.69, 9.17) is 19.9 Å². The number of fused-ring (bicyclic) bond motifs is 1. The van der Waals surface area contributed by atoms with Crippen LogP contribution in [0.3, 0.4) is 0 Å². The van der Waals surface area contributed by atoms with Crippen molar-refractivity contribution in [1.29, 1.82) is 0 Å². The average Bonchev–Trinajstić information content (AvgIpc) is 3.42. The smallest absolute Gasteiger partial charge is 0.431 e. The van der Waals surface area contributed by atoms with Gasteiger partial charge in [0.2, 0.25) is 11.1 Å². The Balaban J connectivity index is 0.00000264. The molecule has 0 aromatic carbocycles. The number of carbonyl (C=O) groups excluding carboxylic acids is 3. The number of amides is 1. The van der Waals surface area contributed by atoms with Gasteiger partial charge in [0.25, 0.3) is 6.29 Å². The summed E-state index contributed by atoms with van der Waals surface area (Å²) in [5.74, 6) is -0.678. The van der Waals surface area contributed by atoms with E-state index in [9.17, 15) is 14.4 Å². The maximum Gasteiger partial charge on any atom is 0.511 e. The largest absolute Gasteiger partial charge is 0.511 e. The zero-order valence-electron chi connectivity index (χ0n) is 25.1. The Kier molecular flexibility index (Phi) is 13.9. The zero-order chi connectivity index (χ0) is 29.7. The molecule has 3 atom stereocenters. The molecule has 44 heavy (non-hydrogen) atoms. The van der Waals surface area contributed by atoms with Gasteiger partial charge in [-0.1, -0.05) is 37.4 Å². The Morgan fingerprint density at radius 1 is 1.11 bits per heavy atom. The Labute approximate surface area is 278 Å². The maximum absolute atomic E-state index is 13.7. The summed E-state index contributed by atoms with van der Waals surface area (Å²) in [6.45, 7) is 1.39. The molecule has 1 saturated heterocycles. The number of β-lactam (4-membered cyclic amide) rings is 1. The minimum atomic E-state index is -1.10. The summed E-state index contributed by atoms with van der Waals surface area (Å²) < 4.78 is 18.8. The number of thioether (sulfide) groups is 2. The number of esters is 1. The van der Waals surface area contributed by atoms with Crippen molar-refractivity contribution >= 4 is 66.4 Å². The number of likely N-dealkylation sites (N-methyl/N-ethyl adjacent to an activating group) is 1. The molecule has 5 rings (SSSR count). The van der Waals surface area contributed by atoms with Crippen LogP contribution in [0.2, 0.25) is 0 Å². The number of aromatic nitrogens is 4. The van der Waals surface area contributed by atoms with Crippen molar-refractivity contribution < 1.29 is 28.6 Å². The lowest BCUT2D eigenvalue weighted by Crippen LogP contribution is -2.59. The first-order valence-corrected chi connectivity index (χ1v) is 16.7. The summed E-state index contributed by atoms with van der Waals surface area (Å²) in [6, 6.07) is 0. The highest BCUT2D eigenvalue weighted by Crippen LogP contribution is 2.46. The van der Waals surface area contributed by atoms with Crippen LogP contribution in [-0.4, -0.2) is 97.1 Å². The van der Waals surface area contributed by atoms with E-state index >= 15 is 0 Å². The predicted molar refractivity (Wildman–Crippen MR) is 170 cm³/mol. The van der Waals surface area contributed by atoms with E-state index in [2.05, 4.69) is 15.5 Å². The second kappa shape index (κ2) is 16.7. The topological polar surface area (TPSA) is 155 Å². The van der Waals surface area contributed by atoms with E-state index in [0.29, 0.717) is 17.5 Å². The quantitative estimate of drug-likeness (QED) is 0.154. The highest BCUT2D eigenvalue weighted by molar-refractivity contribution is 8.04. The van der Waals surface area contributed by atoms with Crippen LogP contribution in [0.1, 0.15) is 70.6 Å². The van der Waals surface area contributed by atoms with Crippen molar-refractivity contribution in [3.63, 3.8) is 0 Å². The molecule has 0 spiro atoms. The summed E-state index contributed by atoms with van der Waals surface area (Å²) in [5.41, 5.74) is 6.87. The number of rotatable bonds is 11. The molecule has 2 saturated carbocycles. The van der Waals surface area contributed by atoms with Gasteiger partial charge < -0.3 is 24.8 Å². The molecular weight excluding hydrogens is 653 g/mol. The highest BCUT2D eigenvalue weighted by atomic mass is 35.5. The number of nitrogens with zero attached hydrogens (tertiary/aromatic N) is 6. The number of hydrogen-bond donors (Lipinski definition) is 1. The van der Waals surface area contributed by atoms with Gasteiger partial charge in [-0.3, -0.25) is 9.69 Å². The van der Waals surface area contributed by atoms with Crippen molar-refractivity contribution in [1.82, 2.24) is 30.0 Å². The number of halogens is 2. The molecule has 1 amide bonds. The third kappa shape index (κ3) is 9.38. The first kappa shape index (κ1) is 36.7. The Bertz CT molecular complexity index is 1170. The van der Waals surface area contributed by atoms with Crippen molar-refractivity contribution in [3.05, 3.63) is 11.8 Å². The summed E-state index contributed by atoms with van der Waals surface area (Å²) in [7, 11) is 3.96. The second-order valence-electron chi connectivity index (χ2n) is 11.7. The van der Waals surface area contributed by atoms with Crippen LogP contribution in [-0.2, 0) is 30.3 Å². The van der Waals surface area contributed by atoms with Gasteiger partial charge >= 0.3 is 12.1 Å². The van der Waals surface area contributed by atoms with E-state index < -0.39 is 23.3 Å². The monoisotopic (exact) mass is 695 g/mol. The highest BCUT2D eigenvalue weighted by Gasteiger charge is 2.50. The van der Waals surface area contributed by atoms with Gasteiger partial charge in [0.15, 0.2) is 0 Å². The van der Waals surface area contributed by atoms with E-state index in [1.807, 2.05) is 19.0 Å². The van der Waals surface area contributed by atoms with E-state index in [1.54, 1.807) is 10.8 Å². The van der Waals surface area contributed by atoms with Crippen molar-refractivity contribution in [3.8, 4) is 0 Å². The summed E-state index contributed by atoms with van der Waals surface area (Å²) in [6.07, 6.45) is 9.12. The summed E-state index contributed by atoms with van der Waals surface area (Å²) in [4.78, 5) is 41.5. The standard InChI is InChI=1S/C27H41N7O6S2.2ClH/c1-32(2)13-14-33-25(29-30-31-33)41-17-27(28)16-20(34-21(35)15-22(34)42-27)23(36)39-24(18-9-5-3-6-10-18)40-26(37)38-19-11-7-4-8-12-19;;/h16,18-19,22,24H,3-15,17,28H2,1-2H3;2*1H/t22-,24?,27?;;/m1../s1. The van der Waals surface area contributed by atoms with Crippen molar-refractivity contribution in [2.45, 2.75) is 105 Å². The van der Waals surface area contributed by atoms with Crippen LogP contribution in [0.25, 0.3) is 0 Å². The molecule has 17 heteroatoms. The van der Waals surface area contributed by atoms with Gasteiger partial charge in [0.1, 0.15) is 11.8 Å². The molecule has 2 aliphatic carbocycles. The van der Waals surface area contributed by atoms with Gasteiger partial charge in [0.05, 0.1) is 23.2 Å². The zero-order valence-corrected chi connectivity index (χ0v) is 28.4. The fourth-order valence-electron chi connectivity index (χ4n) is 5.73. The van der Waals surface area contributed by atoms with Crippen LogP contribution in [0.15, 0.2) is 16.9 Å². The lowest BCUT2D eigenvalue weighted by Gasteiger charge is -2.48. The molecule has 0 radical (unpaired) electrons. The summed E-state index contributed by atoms with van der Waals surface area (Å²) in [5, 5.41) is 12.3. The first-order chi connectivity index (χ1) is 20.2. The minimum absolute atomic E-state index is 0. The third-order valence-corrected chi connectivity index (χ3v) is 10.8. The van der Waals surface area contributed by atoms with Gasteiger partial charge in [0, 0.05) is 18.2 Å².